The molecule has 0 amide bonds. The van der Waals surface area contributed by atoms with Crippen LogP contribution < -0.4 is 0 Å². The lowest BCUT2D eigenvalue weighted by Gasteiger charge is -2.03. The van der Waals surface area contributed by atoms with E-state index in [2.05, 4.69) is 4.98 Å². The fourth-order valence-corrected chi connectivity index (χ4v) is 2.33. The van der Waals surface area contributed by atoms with Crippen molar-refractivity contribution in [3.8, 4) is 0 Å². The molecule has 3 nitrogen and oxygen atoms in total. The van der Waals surface area contributed by atoms with Gasteiger partial charge in [-0.3, -0.25) is 4.79 Å². The highest BCUT2D eigenvalue weighted by atomic mass is 32.2. The number of hydrogen-bond donors (Lipinski definition) is 0. The molecule has 5 heteroatoms. The van der Waals surface area contributed by atoms with E-state index in [0.717, 1.165) is 5.16 Å². The average Bonchev–Trinajstić information content (AvgIpc) is 2.75. The highest BCUT2D eigenvalue weighted by Gasteiger charge is 2.09. The van der Waals surface area contributed by atoms with Gasteiger partial charge in [-0.2, -0.15) is 0 Å². The molecule has 0 N–H and O–H groups in total. The van der Waals surface area contributed by atoms with Crippen LogP contribution in [0.1, 0.15) is 5.56 Å². The van der Waals surface area contributed by atoms with Gasteiger partial charge in [-0.1, -0.05) is 30.0 Å². The number of imidazole rings is 1. The molecule has 0 radical (unpaired) electrons. The first-order chi connectivity index (χ1) is 8.66. The van der Waals surface area contributed by atoms with Crippen molar-refractivity contribution in [2.24, 2.45) is 7.05 Å². The summed E-state index contributed by atoms with van der Waals surface area (Å²) in [5, 5.41) is 0.789. The third-order valence-corrected chi connectivity index (χ3v) is 3.60. The van der Waals surface area contributed by atoms with Crippen LogP contribution in [0.3, 0.4) is 0 Å². The molecule has 94 valence electrons. The van der Waals surface area contributed by atoms with Gasteiger partial charge in [0.1, 0.15) is 11.6 Å². The van der Waals surface area contributed by atoms with Crippen molar-refractivity contribution in [1.29, 1.82) is 0 Å². The van der Waals surface area contributed by atoms with E-state index < -0.39 is 0 Å². The van der Waals surface area contributed by atoms with E-state index in [1.165, 1.54) is 17.8 Å². The molecule has 2 aromatic rings. The highest BCUT2D eigenvalue weighted by Crippen LogP contribution is 2.16. The van der Waals surface area contributed by atoms with Gasteiger partial charge in [-0.05, 0) is 11.6 Å². The van der Waals surface area contributed by atoms with Gasteiger partial charge < -0.3 is 4.57 Å². The molecule has 0 saturated heterocycles. The lowest BCUT2D eigenvalue weighted by atomic mass is 10.1. The molecule has 0 saturated carbocycles. The van der Waals surface area contributed by atoms with Gasteiger partial charge in [-0.25, -0.2) is 9.37 Å². The fraction of sp³-hybridized carbons (Fsp3) is 0.231. The third-order valence-electron chi connectivity index (χ3n) is 2.48. The number of rotatable bonds is 5. The average molecular weight is 264 g/mol. The molecule has 0 aliphatic rings. The molecule has 2 rings (SSSR count). The quantitative estimate of drug-likeness (QED) is 0.778. The van der Waals surface area contributed by atoms with E-state index in [1.807, 2.05) is 17.8 Å². The highest BCUT2D eigenvalue weighted by molar-refractivity contribution is 7.99. The van der Waals surface area contributed by atoms with Crippen molar-refractivity contribution in [2.45, 2.75) is 11.6 Å². The van der Waals surface area contributed by atoms with Crippen LogP contribution in [-0.2, 0) is 18.3 Å². The van der Waals surface area contributed by atoms with Crippen molar-refractivity contribution < 1.29 is 9.18 Å². The number of aryl methyl sites for hydroxylation is 1. The zero-order valence-corrected chi connectivity index (χ0v) is 10.8. The molecule has 0 aliphatic carbocycles. The molecule has 0 unspecified atom stereocenters. The number of halogens is 1. The van der Waals surface area contributed by atoms with Gasteiger partial charge in [-0.15, -0.1) is 0 Å². The summed E-state index contributed by atoms with van der Waals surface area (Å²) in [7, 11) is 1.87. The maximum atomic E-state index is 13.4. The predicted molar refractivity (Wildman–Crippen MR) is 69.0 cm³/mol. The van der Waals surface area contributed by atoms with E-state index in [4.69, 9.17) is 0 Å². The Morgan fingerprint density at radius 2 is 2.22 bits per heavy atom. The molecular formula is C13H13FN2OS. The lowest BCUT2D eigenvalue weighted by molar-refractivity contribution is -0.116. The van der Waals surface area contributed by atoms with Crippen LogP contribution in [0.25, 0.3) is 0 Å². The molecule has 1 aromatic heterocycles. The van der Waals surface area contributed by atoms with Gasteiger partial charge >= 0.3 is 0 Å². The van der Waals surface area contributed by atoms with Crippen LogP contribution in [0, 0.1) is 5.82 Å². The number of benzene rings is 1. The molecular weight excluding hydrogens is 251 g/mol. The second-order valence-corrected chi connectivity index (χ2v) is 4.86. The van der Waals surface area contributed by atoms with Crippen molar-refractivity contribution in [3.05, 3.63) is 48.0 Å². The number of Topliss-reactive ketones (excluding diaryl/α,β-unsaturated/α-hetero) is 1. The monoisotopic (exact) mass is 264 g/mol. The number of ketones is 1. The normalized spacial score (nSPS) is 10.6. The Bertz CT molecular complexity index is 553. The molecule has 0 spiro atoms. The summed E-state index contributed by atoms with van der Waals surface area (Å²) in [5.74, 6) is -0.0277. The number of thioether (sulfide) groups is 1. The van der Waals surface area contributed by atoms with Crippen LogP contribution in [-0.4, -0.2) is 21.1 Å². The Morgan fingerprint density at radius 3 is 2.89 bits per heavy atom. The minimum Gasteiger partial charge on any atom is -0.329 e. The van der Waals surface area contributed by atoms with Crippen LogP contribution in [0.15, 0.2) is 41.8 Å². The molecule has 1 aromatic carbocycles. The van der Waals surface area contributed by atoms with Gasteiger partial charge in [0.05, 0.1) is 5.75 Å². The number of carbonyl (C=O) groups is 1. The number of carbonyl (C=O) groups excluding carboxylic acids is 1. The third kappa shape index (κ3) is 3.20. The number of nitrogens with zero attached hydrogens (tertiary/aromatic N) is 2. The van der Waals surface area contributed by atoms with Gasteiger partial charge in [0.15, 0.2) is 5.16 Å². The number of hydrogen-bond acceptors (Lipinski definition) is 3. The zero-order valence-electron chi connectivity index (χ0n) is 9.97. The molecule has 0 bridgehead atoms. The molecule has 1 heterocycles. The Morgan fingerprint density at radius 1 is 1.44 bits per heavy atom. The summed E-state index contributed by atoms with van der Waals surface area (Å²) in [6.07, 6.45) is 3.64. The minimum atomic E-state index is -0.326. The van der Waals surface area contributed by atoms with Crippen LogP contribution in [0.2, 0.25) is 0 Å². The number of aromatic nitrogens is 2. The Labute approximate surface area is 109 Å². The summed E-state index contributed by atoms with van der Waals surface area (Å²) >= 11 is 1.37. The molecule has 18 heavy (non-hydrogen) atoms. The summed E-state index contributed by atoms with van der Waals surface area (Å²) in [4.78, 5) is 15.9. The standard InChI is InChI=1S/C13H13FN2OS/c1-16-7-6-15-13(16)18-9-11(17)8-10-4-2-3-5-12(10)14/h2-7H,8-9H2,1H3. The summed E-state index contributed by atoms with van der Waals surface area (Å²) in [5.41, 5.74) is 0.447. The minimum absolute atomic E-state index is 0.00639. The molecule has 0 atom stereocenters. The van der Waals surface area contributed by atoms with Crippen molar-refractivity contribution in [1.82, 2.24) is 9.55 Å². The maximum Gasteiger partial charge on any atom is 0.168 e. The summed E-state index contributed by atoms with van der Waals surface area (Å²) < 4.78 is 15.2. The zero-order chi connectivity index (χ0) is 13.0. The van der Waals surface area contributed by atoms with E-state index in [-0.39, 0.29) is 18.0 Å². The summed E-state index contributed by atoms with van der Waals surface area (Å²) in [6.45, 7) is 0. The summed E-state index contributed by atoms with van der Waals surface area (Å²) in [6, 6.07) is 6.36. The SMILES string of the molecule is Cn1ccnc1SCC(=O)Cc1ccccc1F. The van der Waals surface area contributed by atoms with Gasteiger partial charge in [0.2, 0.25) is 0 Å². The largest absolute Gasteiger partial charge is 0.329 e. The first-order valence-corrected chi connectivity index (χ1v) is 6.50. The van der Waals surface area contributed by atoms with Crippen LogP contribution >= 0.6 is 11.8 Å². The van der Waals surface area contributed by atoms with Crippen molar-refractivity contribution in [3.63, 3.8) is 0 Å². The lowest BCUT2D eigenvalue weighted by Crippen LogP contribution is -2.07. The Balaban J connectivity index is 1.90. The Kier molecular flexibility index (Phi) is 4.15. The van der Waals surface area contributed by atoms with Gasteiger partial charge in [0, 0.05) is 25.9 Å². The van der Waals surface area contributed by atoms with E-state index in [9.17, 15) is 9.18 Å². The first-order valence-electron chi connectivity index (χ1n) is 5.52. The maximum absolute atomic E-state index is 13.4. The van der Waals surface area contributed by atoms with Gasteiger partial charge in [0.25, 0.3) is 0 Å². The van der Waals surface area contributed by atoms with E-state index in [0.29, 0.717) is 11.3 Å². The van der Waals surface area contributed by atoms with Crippen molar-refractivity contribution >= 4 is 17.5 Å². The molecule has 0 fully saturated rings. The van der Waals surface area contributed by atoms with Crippen LogP contribution in [0.4, 0.5) is 4.39 Å². The topological polar surface area (TPSA) is 34.9 Å². The second-order valence-electron chi connectivity index (χ2n) is 3.92. The predicted octanol–water partition coefficient (Wildman–Crippen LogP) is 2.46. The first kappa shape index (κ1) is 12.8. The van der Waals surface area contributed by atoms with E-state index in [1.54, 1.807) is 24.4 Å². The second kappa shape index (κ2) is 5.82. The Hall–Kier alpha value is -1.62. The van der Waals surface area contributed by atoms with E-state index >= 15 is 0 Å². The van der Waals surface area contributed by atoms with Crippen molar-refractivity contribution in [2.75, 3.05) is 5.75 Å². The smallest absolute Gasteiger partial charge is 0.168 e. The van der Waals surface area contributed by atoms with Crippen LogP contribution in [0.5, 0.6) is 0 Å². The fourth-order valence-electron chi connectivity index (χ4n) is 1.54. The molecule has 0 aliphatic heterocycles.